The Balaban J connectivity index is 2.05. The fraction of sp³-hybridized carbons (Fsp3) is 0.462. The third-order valence-corrected chi connectivity index (χ3v) is 3.44. The van der Waals surface area contributed by atoms with Gasteiger partial charge in [-0.1, -0.05) is 6.07 Å². The van der Waals surface area contributed by atoms with E-state index in [0.29, 0.717) is 5.92 Å². The molecule has 4 heteroatoms. The van der Waals surface area contributed by atoms with Crippen LogP contribution in [-0.2, 0) is 4.79 Å². The number of halogens is 1. The topological polar surface area (TPSA) is 46.3 Å². The van der Waals surface area contributed by atoms with Gasteiger partial charge in [-0.25, -0.2) is 4.39 Å². The summed E-state index contributed by atoms with van der Waals surface area (Å²) in [6.07, 6.45) is 1.78. The summed E-state index contributed by atoms with van der Waals surface area (Å²) < 4.78 is 13.3. The third kappa shape index (κ3) is 2.57. The molecule has 2 N–H and O–H groups in total. The largest absolute Gasteiger partial charge is 0.396 e. The number of amides is 1. The zero-order chi connectivity index (χ0) is 12.4. The summed E-state index contributed by atoms with van der Waals surface area (Å²) in [5.74, 6) is 0.101. The normalized spacial score (nSPS) is 17.2. The summed E-state index contributed by atoms with van der Waals surface area (Å²) in [6, 6.07) is 5.01. The average molecular weight is 236 g/mol. The second-order valence-electron chi connectivity index (χ2n) is 4.56. The maximum atomic E-state index is 13.3. The molecule has 1 aliphatic heterocycles. The minimum atomic E-state index is -0.350. The van der Waals surface area contributed by atoms with E-state index in [1.807, 2.05) is 11.0 Å². The zero-order valence-corrected chi connectivity index (χ0v) is 9.95. The van der Waals surface area contributed by atoms with Gasteiger partial charge in [0, 0.05) is 20.0 Å². The number of anilines is 1. The molecule has 1 aliphatic rings. The molecule has 1 aromatic carbocycles. The summed E-state index contributed by atoms with van der Waals surface area (Å²) in [6.45, 7) is 3.10. The van der Waals surface area contributed by atoms with Crippen LogP contribution in [0.3, 0.4) is 0 Å². The van der Waals surface area contributed by atoms with E-state index in [1.54, 1.807) is 13.0 Å². The lowest BCUT2D eigenvalue weighted by Gasteiger charge is -2.31. The third-order valence-electron chi connectivity index (χ3n) is 3.44. The van der Waals surface area contributed by atoms with Gasteiger partial charge < -0.3 is 10.6 Å². The van der Waals surface area contributed by atoms with Crippen LogP contribution in [0.15, 0.2) is 18.2 Å². The molecule has 1 heterocycles. The van der Waals surface area contributed by atoms with Gasteiger partial charge in [-0.05, 0) is 36.5 Å². The fourth-order valence-electron chi connectivity index (χ4n) is 2.33. The van der Waals surface area contributed by atoms with Crippen LogP contribution < -0.4 is 5.73 Å². The molecule has 1 saturated heterocycles. The lowest BCUT2D eigenvalue weighted by molar-refractivity contribution is -0.129. The van der Waals surface area contributed by atoms with Gasteiger partial charge in [0.1, 0.15) is 5.82 Å². The van der Waals surface area contributed by atoms with Gasteiger partial charge in [0.05, 0.1) is 5.69 Å². The number of likely N-dealkylation sites (tertiary alicyclic amines) is 1. The Bertz CT molecular complexity index is 425. The predicted molar refractivity (Wildman–Crippen MR) is 65.0 cm³/mol. The van der Waals surface area contributed by atoms with Crippen molar-refractivity contribution in [3.63, 3.8) is 0 Å². The van der Waals surface area contributed by atoms with Crippen LogP contribution in [0.5, 0.6) is 0 Å². The van der Waals surface area contributed by atoms with Crippen molar-refractivity contribution in [2.75, 3.05) is 18.8 Å². The van der Waals surface area contributed by atoms with Crippen molar-refractivity contribution in [3.8, 4) is 0 Å². The van der Waals surface area contributed by atoms with Crippen molar-refractivity contribution in [2.24, 2.45) is 0 Å². The van der Waals surface area contributed by atoms with Crippen LogP contribution in [0.2, 0.25) is 0 Å². The van der Waals surface area contributed by atoms with E-state index in [-0.39, 0.29) is 17.4 Å². The highest BCUT2D eigenvalue weighted by atomic mass is 19.1. The summed E-state index contributed by atoms with van der Waals surface area (Å²) in [5, 5.41) is 0. The minimum Gasteiger partial charge on any atom is -0.396 e. The highest BCUT2D eigenvalue weighted by Crippen LogP contribution is 2.29. The molecule has 0 atom stereocenters. The van der Waals surface area contributed by atoms with Crippen LogP contribution in [0, 0.1) is 5.82 Å². The summed E-state index contributed by atoms with van der Waals surface area (Å²) in [7, 11) is 0. The summed E-state index contributed by atoms with van der Waals surface area (Å²) in [4.78, 5) is 13.0. The van der Waals surface area contributed by atoms with E-state index in [4.69, 9.17) is 5.73 Å². The minimum absolute atomic E-state index is 0.118. The van der Waals surface area contributed by atoms with Crippen molar-refractivity contribution in [1.29, 1.82) is 0 Å². The summed E-state index contributed by atoms with van der Waals surface area (Å²) in [5.41, 5.74) is 6.63. The molecule has 0 spiro atoms. The van der Waals surface area contributed by atoms with Gasteiger partial charge in [0.2, 0.25) is 5.91 Å². The smallest absolute Gasteiger partial charge is 0.219 e. The van der Waals surface area contributed by atoms with Crippen molar-refractivity contribution in [3.05, 3.63) is 29.6 Å². The van der Waals surface area contributed by atoms with E-state index < -0.39 is 0 Å². The Labute approximate surface area is 100 Å². The molecule has 0 unspecified atom stereocenters. The first-order valence-corrected chi connectivity index (χ1v) is 5.88. The Morgan fingerprint density at radius 3 is 2.59 bits per heavy atom. The maximum absolute atomic E-state index is 13.3. The predicted octanol–water partition coefficient (Wildman–Crippen LogP) is 2.13. The number of hydrogen-bond acceptors (Lipinski definition) is 2. The Kier molecular flexibility index (Phi) is 3.31. The molecule has 1 aromatic rings. The number of rotatable bonds is 1. The Morgan fingerprint density at radius 2 is 2.06 bits per heavy atom. The number of carbonyl (C=O) groups excluding carboxylic acids is 1. The first-order valence-electron chi connectivity index (χ1n) is 5.88. The highest BCUT2D eigenvalue weighted by Gasteiger charge is 2.22. The maximum Gasteiger partial charge on any atom is 0.219 e. The van der Waals surface area contributed by atoms with Gasteiger partial charge in [-0.2, -0.15) is 0 Å². The Hall–Kier alpha value is -1.58. The van der Waals surface area contributed by atoms with Gasteiger partial charge in [-0.15, -0.1) is 0 Å². The lowest BCUT2D eigenvalue weighted by Crippen LogP contribution is -2.36. The van der Waals surface area contributed by atoms with Crippen molar-refractivity contribution in [1.82, 2.24) is 4.90 Å². The van der Waals surface area contributed by atoms with Crippen LogP contribution in [0.4, 0.5) is 10.1 Å². The van der Waals surface area contributed by atoms with Crippen LogP contribution in [0.1, 0.15) is 31.2 Å². The molecular formula is C13H17FN2O. The van der Waals surface area contributed by atoms with E-state index in [9.17, 15) is 9.18 Å². The quantitative estimate of drug-likeness (QED) is 0.759. The van der Waals surface area contributed by atoms with Crippen molar-refractivity contribution >= 4 is 11.6 Å². The second-order valence-corrected chi connectivity index (χ2v) is 4.56. The average Bonchev–Trinajstić information content (AvgIpc) is 2.33. The zero-order valence-electron chi connectivity index (χ0n) is 9.95. The molecule has 3 nitrogen and oxygen atoms in total. The lowest BCUT2D eigenvalue weighted by atomic mass is 9.89. The molecule has 0 aliphatic carbocycles. The highest BCUT2D eigenvalue weighted by molar-refractivity contribution is 5.73. The first kappa shape index (κ1) is 11.9. The number of nitrogen functional groups attached to an aromatic ring is 1. The molecule has 92 valence electrons. The van der Waals surface area contributed by atoms with Gasteiger partial charge in [0.15, 0.2) is 0 Å². The molecule has 0 radical (unpaired) electrons. The van der Waals surface area contributed by atoms with Gasteiger partial charge in [-0.3, -0.25) is 4.79 Å². The molecule has 1 fully saturated rings. The molecule has 0 aromatic heterocycles. The first-order chi connectivity index (χ1) is 8.08. The molecule has 0 saturated carbocycles. The van der Waals surface area contributed by atoms with E-state index >= 15 is 0 Å². The van der Waals surface area contributed by atoms with Crippen molar-refractivity contribution < 1.29 is 9.18 Å². The fourth-order valence-corrected chi connectivity index (χ4v) is 2.33. The molecule has 0 bridgehead atoms. The SMILES string of the molecule is CC(=O)N1CCC(c2ccc(N)c(F)c2)CC1. The number of carbonyl (C=O) groups is 1. The van der Waals surface area contributed by atoms with E-state index in [2.05, 4.69) is 0 Å². The number of hydrogen-bond donors (Lipinski definition) is 1. The monoisotopic (exact) mass is 236 g/mol. The summed E-state index contributed by atoms with van der Waals surface area (Å²) >= 11 is 0. The standard InChI is InChI=1S/C13H17FN2O/c1-9(17)16-6-4-10(5-7-16)11-2-3-13(15)12(14)8-11/h2-3,8,10H,4-7,15H2,1H3. The van der Waals surface area contributed by atoms with Crippen molar-refractivity contribution in [2.45, 2.75) is 25.7 Å². The number of piperidine rings is 1. The molecule has 2 rings (SSSR count). The number of nitrogens with two attached hydrogens (primary N) is 1. The number of benzene rings is 1. The Morgan fingerprint density at radius 1 is 1.41 bits per heavy atom. The molecular weight excluding hydrogens is 219 g/mol. The van der Waals surface area contributed by atoms with Crippen LogP contribution in [0.25, 0.3) is 0 Å². The van der Waals surface area contributed by atoms with Crippen LogP contribution in [-0.4, -0.2) is 23.9 Å². The van der Waals surface area contributed by atoms with Crippen LogP contribution >= 0.6 is 0 Å². The molecule has 17 heavy (non-hydrogen) atoms. The second kappa shape index (κ2) is 4.73. The molecule has 1 amide bonds. The van der Waals surface area contributed by atoms with E-state index in [0.717, 1.165) is 31.5 Å². The van der Waals surface area contributed by atoms with Gasteiger partial charge >= 0.3 is 0 Å². The van der Waals surface area contributed by atoms with E-state index in [1.165, 1.54) is 6.07 Å². The number of nitrogens with zero attached hydrogens (tertiary/aromatic N) is 1. The van der Waals surface area contributed by atoms with Gasteiger partial charge in [0.25, 0.3) is 0 Å².